The monoisotopic (exact) mass is 332 g/mol. The molecule has 1 heterocycles. The molecule has 0 bridgehead atoms. The molecular weight excluding hydrogens is 312 g/mol. The third-order valence-corrected chi connectivity index (χ3v) is 6.48. The van der Waals surface area contributed by atoms with Gasteiger partial charge >= 0.3 is 0 Å². The molecule has 1 unspecified atom stereocenters. The van der Waals surface area contributed by atoms with Crippen LogP contribution in [-0.4, -0.2) is 41.9 Å². The highest BCUT2D eigenvalue weighted by molar-refractivity contribution is 8.19. The number of nitrogens with two attached hydrogens (primary N) is 1. The van der Waals surface area contributed by atoms with E-state index in [1.54, 1.807) is 11.9 Å². The molecule has 1 aliphatic heterocycles. The van der Waals surface area contributed by atoms with Crippen molar-refractivity contribution >= 4 is 41.8 Å². The van der Waals surface area contributed by atoms with Crippen LogP contribution in [0.1, 0.15) is 27.4 Å². The van der Waals surface area contributed by atoms with Gasteiger partial charge in [-0.25, -0.2) is 0 Å². The van der Waals surface area contributed by atoms with E-state index in [4.69, 9.17) is 5.73 Å². The Bertz CT molecular complexity index is 435. The van der Waals surface area contributed by atoms with Crippen molar-refractivity contribution in [3.05, 3.63) is 35.4 Å². The molecule has 0 aromatic heterocycles. The average Bonchev–Trinajstić information content (AvgIpc) is 2.99. The lowest BCUT2D eigenvalue weighted by Crippen LogP contribution is -2.39. The predicted molar refractivity (Wildman–Crippen MR) is 92.0 cm³/mol. The lowest BCUT2D eigenvalue weighted by molar-refractivity contribution is 0.0748. The SMILES string of the molecule is CC(CN)N(C)C(=O)c1ccc(C2SCCS2)cc1.Cl. The number of carbonyl (C=O) groups excluding carboxylic acids is 1. The van der Waals surface area contributed by atoms with Crippen LogP contribution in [0.4, 0.5) is 0 Å². The molecule has 1 aliphatic rings. The van der Waals surface area contributed by atoms with E-state index in [0.717, 1.165) is 5.56 Å². The molecule has 1 saturated heterocycles. The smallest absolute Gasteiger partial charge is 0.253 e. The van der Waals surface area contributed by atoms with Gasteiger partial charge in [0.25, 0.3) is 5.91 Å². The topological polar surface area (TPSA) is 46.3 Å². The molecule has 2 rings (SSSR count). The van der Waals surface area contributed by atoms with Gasteiger partial charge in [0, 0.05) is 36.7 Å². The van der Waals surface area contributed by atoms with Crippen LogP contribution in [0.25, 0.3) is 0 Å². The lowest BCUT2D eigenvalue weighted by Gasteiger charge is -2.23. The van der Waals surface area contributed by atoms with Gasteiger partial charge in [-0.3, -0.25) is 4.79 Å². The van der Waals surface area contributed by atoms with Crippen LogP contribution >= 0.6 is 35.9 Å². The molecule has 1 atom stereocenters. The van der Waals surface area contributed by atoms with Crippen LogP contribution < -0.4 is 5.73 Å². The summed E-state index contributed by atoms with van der Waals surface area (Å²) < 4.78 is 0.532. The Hall–Kier alpha value is -0.360. The van der Waals surface area contributed by atoms with Crippen molar-refractivity contribution in [1.82, 2.24) is 4.90 Å². The first-order valence-electron chi connectivity index (χ1n) is 6.44. The second-order valence-corrected chi connectivity index (χ2v) is 7.42. The average molecular weight is 333 g/mol. The molecule has 1 aromatic rings. The van der Waals surface area contributed by atoms with Gasteiger partial charge in [-0.2, -0.15) is 0 Å². The maximum Gasteiger partial charge on any atom is 0.253 e. The fraction of sp³-hybridized carbons (Fsp3) is 0.500. The minimum absolute atomic E-state index is 0. The third-order valence-electron chi connectivity index (χ3n) is 3.37. The fourth-order valence-corrected chi connectivity index (χ4v) is 4.75. The van der Waals surface area contributed by atoms with Gasteiger partial charge in [0.05, 0.1) is 4.58 Å². The Morgan fingerprint density at radius 3 is 2.40 bits per heavy atom. The summed E-state index contributed by atoms with van der Waals surface area (Å²) in [4.78, 5) is 13.9. The van der Waals surface area contributed by atoms with Crippen molar-refractivity contribution < 1.29 is 4.79 Å². The van der Waals surface area contributed by atoms with Gasteiger partial charge in [0.15, 0.2) is 0 Å². The summed E-state index contributed by atoms with van der Waals surface area (Å²) in [7, 11) is 1.80. The lowest BCUT2D eigenvalue weighted by atomic mass is 10.1. The quantitative estimate of drug-likeness (QED) is 0.920. The first-order chi connectivity index (χ1) is 9.13. The fourth-order valence-electron chi connectivity index (χ4n) is 1.90. The maximum absolute atomic E-state index is 12.2. The number of likely N-dealkylation sites (N-methyl/N-ethyl adjacent to an activating group) is 1. The molecule has 1 fully saturated rings. The molecule has 0 radical (unpaired) electrons. The molecule has 0 saturated carbocycles. The van der Waals surface area contributed by atoms with Gasteiger partial charge < -0.3 is 10.6 Å². The molecule has 0 aliphatic carbocycles. The van der Waals surface area contributed by atoms with Gasteiger partial charge in [0.2, 0.25) is 0 Å². The molecule has 1 aromatic carbocycles. The zero-order chi connectivity index (χ0) is 13.8. The standard InChI is InChI=1S/C14H20N2OS2.ClH/c1-10(9-15)16(2)13(17)11-3-5-12(6-4-11)14-18-7-8-19-14;/h3-6,10,14H,7-9,15H2,1-2H3;1H. The summed E-state index contributed by atoms with van der Waals surface area (Å²) in [6, 6.07) is 8.07. The summed E-state index contributed by atoms with van der Waals surface area (Å²) in [6.45, 7) is 2.44. The Morgan fingerprint density at radius 1 is 1.35 bits per heavy atom. The summed E-state index contributed by atoms with van der Waals surface area (Å²) in [5.41, 5.74) is 7.64. The van der Waals surface area contributed by atoms with E-state index in [1.807, 2.05) is 42.6 Å². The van der Waals surface area contributed by atoms with E-state index in [-0.39, 0.29) is 24.4 Å². The molecule has 3 nitrogen and oxygen atoms in total. The highest BCUT2D eigenvalue weighted by Gasteiger charge is 2.20. The van der Waals surface area contributed by atoms with Crippen LogP contribution in [0.2, 0.25) is 0 Å². The number of amides is 1. The predicted octanol–water partition coefficient (Wildman–Crippen LogP) is 3.01. The van der Waals surface area contributed by atoms with Crippen molar-refractivity contribution in [3.63, 3.8) is 0 Å². The Morgan fingerprint density at radius 2 is 1.90 bits per heavy atom. The number of hydrogen-bond donors (Lipinski definition) is 1. The summed E-state index contributed by atoms with van der Waals surface area (Å²) >= 11 is 3.95. The normalized spacial score (nSPS) is 16.6. The summed E-state index contributed by atoms with van der Waals surface area (Å²) in [6.07, 6.45) is 0. The maximum atomic E-state index is 12.2. The number of hydrogen-bond acceptors (Lipinski definition) is 4. The second-order valence-electron chi connectivity index (χ2n) is 4.70. The molecule has 112 valence electrons. The number of halogens is 1. The van der Waals surface area contributed by atoms with Crippen LogP contribution in [0, 0.1) is 0 Å². The Kier molecular flexibility index (Phi) is 7.23. The third kappa shape index (κ3) is 4.07. The number of thioether (sulfide) groups is 2. The number of carbonyl (C=O) groups is 1. The van der Waals surface area contributed by atoms with E-state index < -0.39 is 0 Å². The van der Waals surface area contributed by atoms with E-state index in [9.17, 15) is 4.79 Å². The van der Waals surface area contributed by atoms with Gasteiger partial charge in [-0.1, -0.05) is 12.1 Å². The van der Waals surface area contributed by atoms with E-state index in [0.29, 0.717) is 11.1 Å². The first-order valence-corrected chi connectivity index (χ1v) is 8.53. The molecule has 0 spiro atoms. The van der Waals surface area contributed by atoms with Crippen molar-refractivity contribution in [2.24, 2.45) is 5.73 Å². The number of nitrogens with zero attached hydrogens (tertiary/aromatic N) is 1. The Balaban J connectivity index is 0.00000200. The van der Waals surface area contributed by atoms with Gasteiger partial charge in [0.1, 0.15) is 0 Å². The van der Waals surface area contributed by atoms with E-state index in [1.165, 1.54) is 17.1 Å². The van der Waals surface area contributed by atoms with Crippen molar-refractivity contribution in [2.75, 3.05) is 25.1 Å². The number of benzene rings is 1. The van der Waals surface area contributed by atoms with Gasteiger partial charge in [-0.15, -0.1) is 35.9 Å². The van der Waals surface area contributed by atoms with Gasteiger partial charge in [-0.05, 0) is 24.6 Å². The second kappa shape index (κ2) is 8.17. The van der Waals surface area contributed by atoms with E-state index >= 15 is 0 Å². The van der Waals surface area contributed by atoms with Crippen LogP contribution in [-0.2, 0) is 0 Å². The van der Waals surface area contributed by atoms with Crippen LogP contribution in [0.5, 0.6) is 0 Å². The largest absolute Gasteiger partial charge is 0.338 e. The Labute approximate surface area is 135 Å². The van der Waals surface area contributed by atoms with Crippen LogP contribution in [0.15, 0.2) is 24.3 Å². The van der Waals surface area contributed by atoms with E-state index in [2.05, 4.69) is 12.1 Å². The molecule has 2 N–H and O–H groups in total. The van der Waals surface area contributed by atoms with Crippen LogP contribution in [0.3, 0.4) is 0 Å². The molecule has 6 heteroatoms. The molecule has 20 heavy (non-hydrogen) atoms. The van der Waals surface area contributed by atoms with Crippen molar-refractivity contribution in [2.45, 2.75) is 17.5 Å². The van der Waals surface area contributed by atoms with Crippen molar-refractivity contribution in [3.8, 4) is 0 Å². The zero-order valence-corrected chi connectivity index (χ0v) is 14.2. The molecular formula is C14H21ClN2OS2. The number of rotatable bonds is 4. The first kappa shape index (κ1) is 17.7. The molecule has 1 amide bonds. The minimum atomic E-state index is 0. The van der Waals surface area contributed by atoms with Crippen molar-refractivity contribution in [1.29, 1.82) is 0 Å². The minimum Gasteiger partial charge on any atom is -0.338 e. The highest BCUT2D eigenvalue weighted by atomic mass is 35.5. The zero-order valence-electron chi connectivity index (χ0n) is 11.7. The highest BCUT2D eigenvalue weighted by Crippen LogP contribution is 2.45. The summed E-state index contributed by atoms with van der Waals surface area (Å²) in [5, 5.41) is 0. The summed E-state index contributed by atoms with van der Waals surface area (Å²) in [5.74, 6) is 2.47.